The molecule has 1 aliphatic rings. The summed E-state index contributed by atoms with van der Waals surface area (Å²) in [7, 11) is 0. The number of benzene rings is 2. The monoisotopic (exact) mass is 238 g/mol. The maximum atomic E-state index is 3.45. The van der Waals surface area contributed by atoms with E-state index in [1.807, 2.05) is 0 Å². The number of aryl methyl sites for hydroxylation is 2. The highest BCUT2D eigenvalue weighted by Crippen LogP contribution is 2.36. The van der Waals surface area contributed by atoms with Crippen LogP contribution in [0.4, 0.5) is 17.1 Å². The van der Waals surface area contributed by atoms with Crippen molar-refractivity contribution < 1.29 is 0 Å². The van der Waals surface area contributed by atoms with Gasteiger partial charge >= 0.3 is 0 Å². The van der Waals surface area contributed by atoms with Crippen molar-refractivity contribution in [1.29, 1.82) is 0 Å². The maximum absolute atomic E-state index is 3.45. The molecular formula is C16H18N2. The summed E-state index contributed by atoms with van der Waals surface area (Å²) >= 11 is 0. The van der Waals surface area contributed by atoms with Crippen molar-refractivity contribution >= 4 is 17.1 Å². The van der Waals surface area contributed by atoms with E-state index in [4.69, 9.17) is 0 Å². The molecule has 0 spiro atoms. The van der Waals surface area contributed by atoms with Crippen LogP contribution in [0.1, 0.15) is 11.1 Å². The van der Waals surface area contributed by atoms with E-state index < -0.39 is 0 Å². The van der Waals surface area contributed by atoms with Crippen molar-refractivity contribution in [3.8, 4) is 0 Å². The Hall–Kier alpha value is -1.96. The minimum absolute atomic E-state index is 0.990. The average Bonchev–Trinajstić information content (AvgIpc) is 2.41. The first-order chi connectivity index (χ1) is 8.75. The van der Waals surface area contributed by atoms with Gasteiger partial charge in [0.2, 0.25) is 0 Å². The normalized spacial score (nSPS) is 14.0. The van der Waals surface area contributed by atoms with E-state index in [2.05, 4.69) is 66.5 Å². The first-order valence-corrected chi connectivity index (χ1v) is 6.43. The molecule has 1 heterocycles. The molecule has 0 amide bonds. The summed E-state index contributed by atoms with van der Waals surface area (Å²) in [4.78, 5) is 2.41. The molecular weight excluding hydrogens is 220 g/mol. The molecule has 0 bridgehead atoms. The standard InChI is InChI=1S/C16H18N2/c1-12-7-8-13(2)16(11-12)18-10-9-17-14-5-3-4-6-15(14)18/h3-8,11,17H,9-10H2,1-2H3. The second-order valence-electron chi connectivity index (χ2n) is 4.89. The summed E-state index contributed by atoms with van der Waals surface area (Å²) in [5, 5.41) is 3.45. The minimum Gasteiger partial charge on any atom is -0.382 e. The van der Waals surface area contributed by atoms with E-state index in [0.29, 0.717) is 0 Å². The SMILES string of the molecule is Cc1ccc(C)c(N2CCNc3ccccc32)c1. The van der Waals surface area contributed by atoms with Gasteiger partial charge in [0, 0.05) is 18.8 Å². The number of hydrogen-bond donors (Lipinski definition) is 1. The fourth-order valence-electron chi connectivity index (χ4n) is 2.54. The lowest BCUT2D eigenvalue weighted by Crippen LogP contribution is -2.30. The van der Waals surface area contributed by atoms with Crippen LogP contribution < -0.4 is 10.2 Å². The molecule has 2 aromatic rings. The Morgan fingerprint density at radius 2 is 1.83 bits per heavy atom. The molecule has 0 saturated carbocycles. The third kappa shape index (κ3) is 1.84. The minimum atomic E-state index is 0.990. The van der Waals surface area contributed by atoms with Crippen molar-refractivity contribution in [2.45, 2.75) is 13.8 Å². The lowest BCUT2D eigenvalue weighted by atomic mass is 10.1. The first-order valence-electron chi connectivity index (χ1n) is 6.43. The van der Waals surface area contributed by atoms with Gasteiger partial charge in [0.25, 0.3) is 0 Å². The molecule has 0 atom stereocenters. The predicted molar refractivity (Wildman–Crippen MR) is 77.9 cm³/mol. The zero-order chi connectivity index (χ0) is 12.5. The first kappa shape index (κ1) is 11.1. The third-order valence-electron chi connectivity index (χ3n) is 3.50. The van der Waals surface area contributed by atoms with Gasteiger partial charge in [-0.25, -0.2) is 0 Å². The van der Waals surface area contributed by atoms with Gasteiger partial charge in [-0.15, -0.1) is 0 Å². The highest BCUT2D eigenvalue weighted by Gasteiger charge is 2.18. The van der Waals surface area contributed by atoms with Gasteiger partial charge < -0.3 is 10.2 Å². The average molecular weight is 238 g/mol. The smallest absolute Gasteiger partial charge is 0.0647 e. The number of para-hydroxylation sites is 2. The summed E-state index contributed by atoms with van der Waals surface area (Å²) in [5.41, 5.74) is 6.47. The molecule has 0 aliphatic carbocycles. The van der Waals surface area contributed by atoms with E-state index in [-0.39, 0.29) is 0 Å². The number of hydrogen-bond acceptors (Lipinski definition) is 2. The van der Waals surface area contributed by atoms with Gasteiger partial charge in [-0.05, 0) is 43.2 Å². The summed E-state index contributed by atoms with van der Waals surface area (Å²) in [5.74, 6) is 0. The molecule has 18 heavy (non-hydrogen) atoms. The van der Waals surface area contributed by atoms with Gasteiger partial charge in [0.15, 0.2) is 0 Å². The van der Waals surface area contributed by atoms with Crippen LogP contribution in [0.3, 0.4) is 0 Å². The van der Waals surface area contributed by atoms with Gasteiger partial charge in [-0.2, -0.15) is 0 Å². The van der Waals surface area contributed by atoms with E-state index in [1.165, 1.54) is 28.2 Å². The summed E-state index contributed by atoms with van der Waals surface area (Å²) in [6.45, 7) is 6.34. The van der Waals surface area contributed by atoms with Crippen molar-refractivity contribution in [3.63, 3.8) is 0 Å². The van der Waals surface area contributed by atoms with Crippen LogP contribution >= 0.6 is 0 Å². The van der Waals surface area contributed by atoms with Crippen LogP contribution in [0, 0.1) is 13.8 Å². The van der Waals surface area contributed by atoms with Crippen molar-refractivity contribution in [3.05, 3.63) is 53.6 Å². The Bertz CT molecular complexity index is 575. The molecule has 2 heteroatoms. The van der Waals surface area contributed by atoms with Crippen molar-refractivity contribution in [1.82, 2.24) is 0 Å². The highest BCUT2D eigenvalue weighted by molar-refractivity contribution is 5.79. The Kier molecular flexibility index (Phi) is 2.71. The second kappa shape index (κ2) is 4.37. The van der Waals surface area contributed by atoms with Gasteiger partial charge in [0.05, 0.1) is 11.4 Å². The Morgan fingerprint density at radius 3 is 2.72 bits per heavy atom. The molecule has 3 rings (SSSR count). The van der Waals surface area contributed by atoms with Crippen LogP contribution in [0.2, 0.25) is 0 Å². The number of fused-ring (bicyclic) bond motifs is 1. The molecule has 0 aromatic heterocycles. The summed E-state index contributed by atoms with van der Waals surface area (Å²) < 4.78 is 0. The lowest BCUT2D eigenvalue weighted by Gasteiger charge is -2.33. The van der Waals surface area contributed by atoms with Crippen LogP contribution in [0.25, 0.3) is 0 Å². The van der Waals surface area contributed by atoms with E-state index in [1.54, 1.807) is 0 Å². The Balaban J connectivity index is 2.11. The van der Waals surface area contributed by atoms with Crippen molar-refractivity contribution in [2.24, 2.45) is 0 Å². The third-order valence-corrected chi connectivity index (χ3v) is 3.50. The molecule has 0 unspecified atom stereocenters. The van der Waals surface area contributed by atoms with Crippen LogP contribution in [-0.4, -0.2) is 13.1 Å². The fraction of sp³-hybridized carbons (Fsp3) is 0.250. The van der Waals surface area contributed by atoms with Crippen LogP contribution in [0.5, 0.6) is 0 Å². The van der Waals surface area contributed by atoms with Gasteiger partial charge in [-0.3, -0.25) is 0 Å². The second-order valence-corrected chi connectivity index (χ2v) is 4.89. The zero-order valence-corrected chi connectivity index (χ0v) is 10.9. The molecule has 2 aromatic carbocycles. The lowest BCUT2D eigenvalue weighted by molar-refractivity contribution is 0.922. The van der Waals surface area contributed by atoms with Gasteiger partial charge in [0.1, 0.15) is 0 Å². The van der Waals surface area contributed by atoms with Gasteiger partial charge in [-0.1, -0.05) is 24.3 Å². The number of nitrogens with zero attached hydrogens (tertiary/aromatic N) is 1. The van der Waals surface area contributed by atoms with Crippen molar-refractivity contribution in [2.75, 3.05) is 23.3 Å². The summed E-state index contributed by atoms with van der Waals surface area (Å²) in [6.07, 6.45) is 0. The molecule has 1 aliphatic heterocycles. The number of anilines is 3. The molecule has 2 nitrogen and oxygen atoms in total. The predicted octanol–water partition coefficient (Wildman–Crippen LogP) is 3.87. The quantitative estimate of drug-likeness (QED) is 0.811. The van der Waals surface area contributed by atoms with Crippen LogP contribution in [-0.2, 0) is 0 Å². The van der Waals surface area contributed by atoms with E-state index in [9.17, 15) is 0 Å². The molecule has 92 valence electrons. The number of rotatable bonds is 1. The fourth-order valence-corrected chi connectivity index (χ4v) is 2.54. The van der Waals surface area contributed by atoms with E-state index >= 15 is 0 Å². The Labute approximate surface area is 108 Å². The summed E-state index contributed by atoms with van der Waals surface area (Å²) in [6, 6.07) is 15.2. The Morgan fingerprint density at radius 1 is 1.00 bits per heavy atom. The van der Waals surface area contributed by atoms with Crippen LogP contribution in [0.15, 0.2) is 42.5 Å². The highest BCUT2D eigenvalue weighted by atomic mass is 15.2. The molecule has 0 fully saturated rings. The topological polar surface area (TPSA) is 15.3 Å². The molecule has 1 N–H and O–H groups in total. The largest absolute Gasteiger partial charge is 0.382 e. The zero-order valence-electron chi connectivity index (χ0n) is 10.9. The maximum Gasteiger partial charge on any atom is 0.0647 e. The molecule has 0 saturated heterocycles. The van der Waals surface area contributed by atoms with E-state index in [0.717, 1.165) is 13.1 Å². The molecule has 0 radical (unpaired) electrons. The number of nitrogens with one attached hydrogen (secondary N) is 1.